The Balaban J connectivity index is 2.43. The van der Waals surface area contributed by atoms with Gasteiger partial charge in [-0.3, -0.25) is 0 Å². The Hall–Kier alpha value is -1.99. The van der Waals surface area contributed by atoms with Crippen molar-refractivity contribution in [3.05, 3.63) is 22.7 Å². The zero-order chi connectivity index (χ0) is 16.7. The first-order chi connectivity index (χ1) is 11.2. The predicted octanol–water partition coefficient (Wildman–Crippen LogP) is 4.69. The predicted molar refractivity (Wildman–Crippen MR) is 99.3 cm³/mol. The van der Waals surface area contributed by atoms with Gasteiger partial charge in [-0.15, -0.1) is 0 Å². The zero-order valence-corrected chi connectivity index (χ0v) is 14.7. The first-order valence-corrected chi connectivity index (χ1v) is 8.55. The Morgan fingerprint density at radius 1 is 1.00 bits per heavy atom. The van der Waals surface area contributed by atoms with Crippen molar-refractivity contribution < 1.29 is 0 Å². The standard InChI is InChI=1S/C18H23ClN4/c1-4-7-8-9-10-13-11-15-16(12-14(13)19)23-18(21-6-3)17(22-15)20-5-2/h11-12H,4-8H2,1-3H3,(H,20,22)(H,21,23). The molecule has 0 radical (unpaired) electrons. The Labute approximate surface area is 143 Å². The molecule has 1 heterocycles. The van der Waals surface area contributed by atoms with E-state index in [4.69, 9.17) is 11.6 Å². The molecular weight excluding hydrogens is 308 g/mol. The third-order valence-corrected chi connectivity index (χ3v) is 3.63. The van der Waals surface area contributed by atoms with E-state index < -0.39 is 0 Å². The topological polar surface area (TPSA) is 49.8 Å². The number of halogens is 1. The fourth-order valence-electron chi connectivity index (χ4n) is 2.18. The summed E-state index contributed by atoms with van der Waals surface area (Å²) < 4.78 is 0. The Bertz CT molecular complexity index is 731. The largest absolute Gasteiger partial charge is 0.367 e. The van der Waals surface area contributed by atoms with Crippen molar-refractivity contribution in [1.82, 2.24) is 9.97 Å². The number of hydrogen-bond donors (Lipinski definition) is 2. The summed E-state index contributed by atoms with van der Waals surface area (Å²) in [6.45, 7) is 7.80. The molecule has 0 aliphatic rings. The molecule has 2 aromatic rings. The molecule has 1 aromatic heterocycles. The molecular formula is C18H23ClN4. The van der Waals surface area contributed by atoms with Gasteiger partial charge in [-0.1, -0.05) is 36.8 Å². The van der Waals surface area contributed by atoms with E-state index in [1.807, 2.05) is 26.0 Å². The van der Waals surface area contributed by atoms with Crippen molar-refractivity contribution in [1.29, 1.82) is 0 Å². The van der Waals surface area contributed by atoms with Crippen LogP contribution in [0.3, 0.4) is 0 Å². The van der Waals surface area contributed by atoms with Crippen molar-refractivity contribution in [2.24, 2.45) is 0 Å². The summed E-state index contributed by atoms with van der Waals surface area (Å²) >= 11 is 6.34. The number of anilines is 2. The van der Waals surface area contributed by atoms with Crippen molar-refractivity contribution in [2.45, 2.75) is 40.0 Å². The van der Waals surface area contributed by atoms with Gasteiger partial charge in [0.1, 0.15) is 0 Å². The van der Waals surface area contributed by atoms with Gasteiger partial charge in [-0.25, -0.2) is 9.97 Å². The normalized spacial score (nSPS) is 10.3. The third kappa shape index (κ3) is 4.49. The SMILES string of the molecule is CCCCC#Cc1cc2nc(NCC)c(NCC)nc2cc1Cl. The summed E-state index contributed by atoms with van der Waals surface area (Å²) in [4.78, 5) is 9.29. The minimum atomic E-state index is 0.620. The van der Waals surface area contributed by atoms with E-state index in [1.165, 1.54) is 0 Å². The van der Waals surface area contributed by atoms with Crippen LogP contribution in [-0.4, -0.2) is 23.1 Å². The first-order valence-electron chi connectivity index (χ1n) is 8.17. The highest BCUT2D eigenvalue weighted by atomic mass is 35.5. The van der Waals surface area contributed by atoms with Gasteiger partial charge in [-0.05, 0) is 32.4 Å². The molecule has 4 nitrogen and oxygen atoms in total. The lowest BCUT2D eigenvalue weighted by molar-refractivity contribution is 0.828. The minimum Gasteiger partial charge on any atom is -0.367 e. The molecule has 5 heteroatoms. The average molecular weight is 331 g/mol. The highest BCUT2D eigenvalue weighted by molar-refractivity contribution is 6.32. The van der Waals surface area contributed by atoms with E-state index in [-0.39, 0.29) is 0 Å². The number of unbranched alkanes of at least 4 members (excludes halogenated alkanes) is 2. The van der Waals surface area contributed by atoms with E-state index in [2.05, 4.69) is 39.4 Å². The van der Waals surface area contributed by atoms with Gasteiger partial charge in [0.15, 0.2) is 11.6 Å². The zero-order valence-electron chi connectivity index (χ0n) is 14.0. The first kappa shape index (κ1) is 17.4. The van der Waals surface area contributed by atoms with Gasteiger partial charge >= 0.3 is 0 Å². The molecule has 0 unspecified atom stereocenters. The van der Waals surface area contributed by atoms with Crippen LogP contribution in [-0.2, 0) is 0 Å². The Morgan fingerprint density at radius 3 is 2.17 bits per heavy atom. The molecule has 0 spiro atoms. The molecule has 0 amide bonds. The summed E-state index contributed by atoms with van der Waals surface area (Å²) in [5.41, 5.74) is 2.38. The molecule has 0 bridgehead atoms. The van der Waals surface area contributed by atoms with E-state index in [0.717, 1.165) is 60.6 Å². The van der Waals surface area contributed by atoms with Crippen molar-refractivity contribution in [3.8, 4) is 11.8 Å². The number of aromatic nitrogens is 2. The monoisotopic (exact) mass is 330 g/mol. The van der Waals surface area contributed by atoms with Gasteiger partial charge in [0.25, 0.3) is 0 Å². The number of nitrogens with one attached hydrogen (secondary N) is 2. The average Bonchev–Trinajstić information content (AvgIpc) is 2.53. The number of nitrogens with zero attached hydrogens (tertiary/aromatic N) is 2. The van der Waals surface area contributed by atoms with Crippen LogP contribution >= 0.6 is 11.6 Å². The molecule has 2 rings (SSSR count). The van der Waals surface area contributed by atoms with Crippen LogP contribution in [0.2, 0.25) is 5.02 Å². The summed E-state index contributed by atoms with van der Waals surface area (Å²) in [5, 5.41) is 7.09. The number of rotatable bonds is 6. The van der Waals surface area contributed by atoms with Crippen LogP contribution in [0, 0.1) is 11.8 Å². The van der Waals surface area contributed by atoms with E-state index in [9.17, 15) is 0 Å². The van der Waals surface area contributed by atoms with E-state index >= 15 is 0 Å². The molecule has 122 valence electrons. The smallest absolute Gasteiger partial charge is 0.169 e. The molecule has 23 heavy (non-hydrogen) atoms. The maximum atomic E-state index is 6.34. The molecule has 2 N–H and O–H groups in total. The molecule has 0 aliphatic carbocycles. The highest BCUT2D eigenvalue weighted by Crippen LogP contribution is 2.26. The van der Waals surface area contributed by atoms with E-state index in [0.29, 0.717) is 5.02 Å². The lowest BCUT2D eigenvalue weighted by Crippen LogP contribution is -2.08. The van der Waals surface area contributed by atoms with E-state index in [1.54, 1.807) is 0 Å². The van der Waals surface area contributed by atoms with Crippen molar-refractivity contribution in [3.63, 3.8) is 0 Å². The van der Waals surface area contributed by atoms with Crippen molar-refractivity contribution >= 4 is 34.3 Å². The Kier molecular flexibility index (Phi) is 6.49. The van der Waals surface area contributed by atoms with Crippen LogP contribution in [0.5, 0.6) is 0 Å². The summed E-state index contributed by atoms with van der Waals surface area (Å²) in [6, 6.07) is 3.75. The van der Waals surface area contributed by atoms with Crippen LogP contribution in [0.15, 0.2) is 12.1 Å². The highest BCUT2D eigenvalue weighted by Gasteiger charge is 2.10. The minimum absolute atomic E-state index is 0.620. The Morgan fingerprint density at radius 2 is 1.61 bits per heavy atom. The fraction of sp³-hybridized carbons (Fsp3) is 0.444. The van der Waals surface area contributed by atoms with Gasteiger partial charge in [0.2, 0.25) is 0 Å². The van der Waals surface area contributed by atoms with Crippen LogP contribution in [0.1, 0.15) is 45.6 Å². The number of hydrogen-bond acceptors (Lipinski definition) is 4. The molecule has 0 saturated heterocycles. The number of benzene rings is 1. The summed E-state index contributed by atoms with van der Waals surface area (Å²) in [5.74, 6) is 7.82. The van der Waals surface area contributed by atoms with Gasteiger partial charge in [-0.2, -0.15) is 0 Å². The maximum Gasteiger partial charge on any atom is 0.169 e. The van der Waals surface area contributed by atoms with Crippen molar-refractivity contribution in [2.75, 3.05) is 23.7 Å². The molecule has 0 atom stereocenters. The fourth-order valence-corrected chi connectivity index (χ4v) is 2.38. The third-order valence-electron chi connectivity index (χ3n) is 3.32. The second kappa shape index (κ2) is 8.59. The van der Waals surface area contributed by atoms with Crippen LogP contribution in [0.25, 0.3) is 11.0 Å². The number of fused-ring (bicyclic) bond motifs is 1. The quantitative estimate of drug-likeness (QED) is 0.596. The molecule has 1 aromatic carbocycles. The second-order valence-corrected chi connectivity index (χ2v) is 5.61. The summed E-state index contributed by atoms with van der Waals surface area (Å²) in [7, 11) is 0. The van der Waals surface area contributed by atoms with Gasteiger partial charge < -0.3 is 10.6 Å². The maximum absolute atomic E-state index is 6.34. The van der Waals surface area contributed by atoms with Crippen LogP contribution in [0.4, 0.5) is 11.6 Å². The van der Waals surface area contributed by atoms with Gasteiger partial charge in [0, 0.05) is 25.1 Å². The van der Waals surface area contributed by atoms with Crippen LogP contribution < -0.4 is 10.6 Å². The molecule has 0 fully saturated rings. The summed E-state index contributed by atoms with van der Waals surface area (Å²) in [6.07, 6.45) is 3.14. The van der Waals surface area contributed by atoms with Gasteiger partial charge in [0.05, 0.1) is 16.1 Å². The lowest BCUT2D eigenvalue weighted by Gasteiger charge is -2.11. The molecule has 0 saturated carbocycles. The molecule has 0 aliphatic heterocycles. The lowest BCUT2D eigenvalue weighted by atomic mass is 10.1. The second-order valence-electron chi connectivity index (χ2n) is 5.21.